The van der Waals surface area contributed by atoms with Crippen molar-refractivity contribution in [2.24, 2.45) is 0 Å². The minimum Gasteiger partial charge on any atom is -0.450 e. The number of anilines is 2. The summed E-state index contributed by atoms with van der Waals surface area (Å²) >= 11 is 5.83. The number of amides is 1. The van der Waals surface area contributed by atoms with Crippen molar-refractivity contribution in [3.63, 3.8) is 0 Å². The number of carbonyl (C=O) groups is 1. The molecule has 1 rings (SSSR count). The number of nitrogens with two attached hydrogens (primary N) is 1. The van der Waals surface area contributed by atoms with E-state index in [4.69, 9.17) is 22.1 Å². The number of hydrogen-bond donors (Lipinski definition) is 2. The fourth-order valence-electron chi connectivity index (χ4n) is 1.12. The monoisotopic (exact) mass is 228 g/mol. The van der Waals surface area contributed by atoms with E-state index in [0.717, 1.165) is 5.56 Å². The molecular formula is C10H13ClN2O2. The largest absolute Gasteiger partial charge is 0.450 e. The van der Waals surface area contributed by atoms with Gasteiger partial charge in [-0.2, -0.15) is 0 Å². The number of ether oxygens (including phenoxy) is 1. The summed E-state index contributed by atoms with van der Waals surface area (Å²) in [6, 6.07) is 3.30. The highest BCUT2D eigenvalue weighted by molar-refractivity contribution is 6.33. The van der Waals surface area contributed by atoms with Crippen LogP contribution >= 0.6 is 11.6 Å². The Kier molecular flexibility index (Phi) is 3.80. The Hall–Kier alpha value is -1.42. The number of halogens is 1. The van der Waals surface area contributed by atoms with Crippen molar-refractivity contribution < 1.29 is 9.53 Å². The Morgan fingerprint density at radius 3 is 2.87 bits per heavy atom. The van der Waals surface area contributed by atoms with Gasteiger partial charge in [-0.1, -0.05) is 11.6 Å². The second kappa shape index (κ2) is 4.89. The average Bonchev–Trinajstić information content (AvgIpc) is 2.14. The lowest BCUT2D eigenvalue weighted by Gasteiger charge is -2.09. The molecule has 4 nitrogen and oxygen atoms in total. The van der Waals surface area contributed by atoms with Crippen molar-refractivity contribution in [3.05, 3.63) is 22.7 Å². The molecule has 0 spiro atoms. The number of benzene rings is 1. The maximum Gasteiger partial charge on any atom is 0.411 e. The molecule has 82 valence electrons. The molecule has 0 fully saturated rings. The zero-order valence-corrected chi connectivity index (χ0v) is 9.39. The van der Waals surface area contributed by atoms with E-state index in [9.17, 15) is 4.79 Å². The molecule has 0 aliphatic heterocycles. The second-order valence-electron chi connectivity index (χ2n) is 3.03. The van der Waals surface area contributed by atoms with Gasteiger partial charge in [-0.05, 0) is 31.5 Å². The highest BCUT2D eigenvalue weighted by Crippen LogP contribution is 2.26. The van der Waals surface area contributed by atoms with Gasteiger partial charge in [-0.25, -0.2) is 4.79 Å². The van der Waals surface area contributed by atoms with Gasteiger partial charge in [0.2, 0.25) is 0 Å². The summed E-state index contributed by atoms with van der Waals surface area (Å²) in [6.45, 7) is 3.89. The molecule has 0 saturated heterocycles. The Balaban J connectivity index is 2.86. The van der Waals surface area contributed by atoms with Crippen LogP contribution in [0.25, 0.3) is 0 Å². The molecule has 15 heavy (non-hydrogen) atoms. The molecule has 0 heterocycles. The minimum atomic E-state index is -0.499. The van der Waals surface area contributed by atoms with Gasteiger partial charge < -0.3 is 10.5 Å². The quantitative estimate of drug-likeness (QED) is 0.765. The van der Waals surface area contributed by atoms with Crippen molar-refractivity contribution in [2.45, 2.75) is 13.8 Å². The minimum absolute atomic E-state index is 0.327. The summed E-state index contributed by atoms with van der Waals surface area (Å²) in [6.07, 6.45) is -0.499. The van der Waals surface area contributed by atoms with E-state index in [1.54, 1.807) is 19.1 Å². The molecule has 5 heteroatoms. The molecule has 0 saturated carbocycles. The maximum absolute atomic E-state index is 11.2. The highest BCUT2D eigenvalue weighted by Gasteiger charge is 2.07. The zero-order valence-electron chi connectivity index (χ0n) is 8.63. The molecule has 0 aromatic heterocycles. The normalized spacial score (nSPS) is 9.80. The van der Waals surface area contributed by atoms with Gasteiger partial charge in [0.05, 0.1) is 17.3 Å². The molecule has 0 bridgehead atoms. The Labute approximate surface area is 93.4 Å². The van der Waals surface area contributed by atoms with Gasteiger partial charge in [0, 0.05) is 5.69 Å². The Bertz CT molecular complexity index is 380. The second-order valence-corrected chi connectivity index (χ2v) is 3.44. The molecule has 1 aromatic carbocycles. The predicted octanol–water partition coefficient (Wildman–Crippen LogP) is 2.80. The van der Waals surface area contributed by atoms with Crippen LogP contribution in [0.15, 0.2) is 12.1 Å². The van der Waals surface area contributed by atoms with Gasteiger partial charge in [-0.3, -0.25) is 5.32 Å². The van der Waals surface area contributed by atoms with Crippen LogP contribution in [0, 0.1) is 6.92 Å². The number of hydrogen-bond acceptors (Lipinski definition) is 3. The molecule has 0 aliphatic rings. The molecule has 3 N–H and O–H groups in total. The summed E-state index contributed by atoms with van der Waals surface area (Å²) in [5, 5.41) is 2.99. The van der Waals surface area contributed by atoms with Crippen LogP contribution in [0.4, 0.5) is 16.2 Å². The predicted molar refractivity (Wildman–Crippen MR) is 61.2 cm³/mol. The highest BCUT2D eigenvalue weighted by atomic mass is 35.5. The van der Waals surface area contributed by atoms with Crippen LogP contribution in [-0.4, -0.2) is 12.7 Å². The van der Waals surface area contributed by atoms with Crippen molar-refractivity contribution in [1.29, 1.82) is 0 Å². The average molecular weight is 229 g/mol. The number of carbonyl (C=O) groups excluding carboxylic acids is 1. The molecular weight excluding hydrogens is 216 g/mol. The van der Waals surface area contributed by atoms with Gasteiger partial charge in [0.1, 0.15) is 0 Å². The van der Waals surface area contributed by atoms with Gasteiger partial charge in [0.25, 0.3) is 0 Å². The van der Waals surface area contributed by atoms with E-state index in [0.29, 0.717) is 23.0 Å². The van der Waals surface area contributed by atoms with Crippen LogP contribution in [-0.2, 0) is 4.74 Å². The zero-order chi connectivity index (χ0) is 11.4. The standard InChI is InChI=1S/C10H13ClN2O2/c1-3-15-10(14)13-9-5-7(11)8(12)4-6(9)2/h4-5H,3,12H2,1-2H3,(H,13,14). The van der Waals surface area contributed by atoms with Crippen LogP contribution in [0.5, 0.6) is 0 Å². The van der Waals surface area contributed by atoms with E-state index < -0.39 is 6.09 Å². The molecule has 0 atom stereocenters. The van der Waals surface area contributed by atoms with E-state index in [1.807, 2.05) is 6.92 Å². The fourth-order valence-corrected chi connectivity index (χ4v) is 1.28. The maximum atomic E-state index is 11.2. The molecule has 0 radical (unpaired) electrons. The number of aryl methyl sites for hydroxylation is 1. The first-order valence-corrected chi connectivity index (χ1v) is 4.91. The Morgan fingerprint density at radius 2 is 2.27 bits per heavy atom. The topological polar surface area (TPSA) is 64.3 Å². The third kappa shape index (κ3) is 3.02. The first-order chi connectivity index (χ1) is 7.04. The molecule has 1 aromatic rings. The fraction of sp³-hybridized carbons (Fsp3) is 0.300. The van der Waals surface area contributed by atoms with Gasteiger partial charge >= 0.3 is 6.09 Å². The first kappa shape index (κ1) is 11.7. The van der Waals surface area contributed by atoms with E-state index >= 15 is 0 Å². The van der Waals surface area contributed by atoms with Gasteiger partial charge in [-0.15, -0.1) is 0 Å². The van der Waals surface area contributed by atoms with Crippen molar-refractivity contribution in [2.75, 3.05) is 17.7 Å². The van der Waals surface area contributed by atoms with Crippen LogP contribution in [0.2, 0.25) is 5.02 Å². The first-order valence-electron chi connectivity index (χ1n) is 4.54. The number of nitrogen functional groups attached to an aromatic ring is 1. The number of nitrogens with one attached hydrogen (secondary N) is 1. The third-order valence-electron chi connectivity index (χ3n) is 1.86. The summed E-state index contributed by atoms with van der Waals surface area (Å²) in [5.41, 5.74) is 7.53. The van der Waals surface area contributed by atoms with Crippen LogP contribution in [0.1, 0.15) is 12.5 Å². The summed E-state index contributed by atoms with van der Waals surface area (Å²) in [4.78, 5) is 11.2. The third-order valence-corrected chi connectivity index (χ3v) is 2.18. The van der Waals surface area contributed by atoms with E-state index in [-0.39, 0.29) is 0 Å². The molecule has 0 aliphatic carbocycles. The van der Waals surface area contributed by atoms with Crippen LogP contribution in [0.3, 0.4) is 0 Å². The number of rotatable bonds is 2. The van der Waals surface area contributed by atoms with Crippen molar-refractivity contribution >= 4 is 29.1 Å². The van der Waals surface area contributed by atoms with Crippen molar-refractivity contribution in [3.8, 4) is 0 Å². The van der Waals surface area contributed by atoms with Crippen LogP contribution < -0.4 is 11.1 Å². The van der Waals surface area contributed by atoms with E-state index in [2.05, 4.69) is 5.32 Å². The smallest absolute Gasteiger partial charge is 0.411 e. The summed E-state index contributed by atoms with van der Waals surface area (Å²) in [7, 11) is 0. The summed E-state index contributed by atoms with van der Waals surface area (Å²) < 4.78 is 4.75. The molecule has 0 unspecified atom stereocenters. The SMILES string of the molecule is CCOC(=O)Nc1cc(Cl)c(N)cc1C. The van der Waals surface area contributed by atoms with Crippen molar-refractivity contribution in [1.82, 2.24) is 0 Å². The lowest BCUT2D eigenvalue weighted by Crippen LogP contribution is -2.14. The Morgan fingerprint density at radius 1 is 1.60 bits per heavy atom. The lowest BCUT2D eigenvalue weighted by molar-refractivity contribution is 0.168. The van der Waals surface area contributed by atoms with Gasteiger partial charge in [0.15, 0.2) is 0 Å². The lowest BCUT2D eigenvalue weighted by atomic mass is 10.2. The molecule has 1 amide bonds. The van der Waals surface area contributed by atoms with E-state index in [1.165, 1.54) is 0 Å². The summed E-state index contributed by atoms with van der Waals surface area (Å²) in [5.74, 6) is 0.